The summed E-state index contributed by atoms with van der Waals surface area (Å²) in [6.07, 6.45) is 1.41. The third-order valence-corrected chi connectivity index (χ3v) is 1.62. The number of nitrogens with one attached hydrogen (secondary N) is 1. The highest BCUT2D eigenvalue weighted by atomic mass is 16.5. The van der Waals surface area contributed by atoms with Crippen molar-refractivity contribution in [1.82, 2.24) is 5.32 Å². The zero-order chi connectivity index (χ0) is 10.6. The van der Waals surface area contributed by atoms with Crippen LogP contribution < -0.4 is 5.32 Å². The number of rotatable bonds is 9. The largest absolute Gasteiger partial charge is 0.379 e. The van der Waals surface area contributed by atoms with Crippen molar-refractivity contribution < 1.29 is 14.3 Å². The summed E-state index contributed by atoms with van der Waals surface area (Å²) in [7, 11) is 0. The van der Waals surface area contributed by atoms with Crippen molar-refractivity contribution in [2.45, 2.75) is 26.7 Å². The predicted molar refractivity (Wildman–Crippen MR) is 55.2 cm³/mol. The Morgan fingerprint density at radius 2 is 1.86 bits per heavy atom. The summed E-state index contributed by atoms with van der Waals surface area (Å²) in [5, 5.41) is 2.78. The molecule has 0 bridgehead atoms. The fourth-order valence-electron chi connectivity index (χ4n) is 0.882. The summed E-state index contributed by atoms with van der Waals surface area (Å²) < 4.78 is 10.3. The average Bonchev–Trinajstić information content (AvgIpc) is 2.20. The van der Waals surface area contributed by atoms with Gasteiger partial charge in [0.15, 0.2) is 0 Å². The molecule has 0 spiro atoms. The fraction of sp³-hybridized carbons (Fsp3) is 0.900. The molecule has 0 aliphatic rings. The predicted octanol–water partition coefficient (Wildman–Crippen LogP) is 0.956. The van der Waals surface area contributed by atoms with Crippen LogP contribution in [0.5, 0.6) is 0 Å². The molecular formula is C10H21NO3. The van der Waals surface area contributed by atoms with Gasteiger partial charge < -0.3 is 14.8 Å². The zero-order valence-corrected chi connectivity index (χ0v) is 9.17. The van der Waals surface area contributed by atoms with E-state index >= 15 is 0 Å². The topological polar surface area (TPSA) is 47.6 Å². The summed E-state index contributed by atoms with van der Waals surface area (Å²) in [6.45, 7) is 7.07. The van der Waals surface area contributed by atoms with Gasteiger partial charge in [0.05, 0.1) is 19.8 Å². The Kier molecular flexibility index (Phi) is 10.0. The molecule has 0 aromatic rings. The molecule has 0 fully saturated rings. The molecule has 0 rings (SSSR count). The van der Waals surface area contributed by atoms with Gasteiger partial charge in [-0.25, -0.2) is 0 Å². The molecule has 0 aromatic heterocycles. The summed E-state index contributed by atoms with van der Waals surface area (Å²) in [4.78, 5) is 11.1. The molecule has 84 valence electrons. The van der Waals surface area contributed by atoms with Crippen molar-refractivity contribution in [3.8, 4) is 0 Å². The van der Waals surface area contributed by atoms with E-state index in [2.05, 4.69) is 5.32 Å². The molecule has 0 aliphatic heterocycles. The third-order valence-electron chi connectivity index (χ3n) is 1.62. The Hall–Kier alpha value is -0.610. The lowest BCUT2D eigenvalue weighted by atomic mass is 10.4. The molecule has 0 aliphatic carbocycles. The summed E-state index contributed by atoms with van der Waals surface area (Å²) in [5.74, 6) is 0.0586. The van der Waals surface area contributed by atoms with Crippen LogP contribution in [0, 0.1) is 0 Å². The Bertz CT molecular complexity index is 139. The monoisotopic (exact) mass is 203 g/mol. The second-order valence-corrected chi connectivity index (χ2v) is 2.91. The van der Waals surface area contributed by atoms with Crippen molar-refractivity contribution >= 4 is 5.91 Å². The number of carbonyl (C=O) groups is 1. The minimum Gasteiger partial charge on any atom is -0.379 e. The van der Waals surface area contributed by atoms with Crippen molar-refractivity contribution in [3.63, 3.8) is 0 Å². The number of ether oxygens (including phenoxy) is 2. The van der Waals surface area contributed by atoms with Gasteiger partial charge in [0.25, 0.3) is 0 Å². The molecule has 0 heterocycles. The van der Waals surface area contributed by atoms with Gasteiger partial charge in [0.2, 0.25) is 5.91 Å². The van der Waals surface area contributed by atoms with Crippen LogP contribution >= 0.6 is 0 Å². The smallest absolute Gasteiger partial charge is 0.222 e. The standard InChI is InChI=1S/C10H21NO3/c1-3-6-11-10(12)5-7-14-9-8-13-4-2/h3-9H2,1-2H3,(H,11,12). The second-order valence-electron chi connectivity index (χ2n) is 2.91. The van der Waals surface area contributed by atoms with Crippen LogP contribution in [0.15, 0.2) is 0 Å². The van der Waals surface area contributed by atoms with Gasteiger partial charge in [0.1, 0.15) is 0 Å². The number of carbonyl (C=O) groups excluding carboxylic acids is 1. The molecule has 0 unspecified atom stereocenters. The Morgan fingerprint density at radius 3 is 2.50 bits per heavy atom. The molecule has 1 N–H and O–H groups in total. The van der Waals surface area contributed by atoms with E-state index in [1.807, 2.05) is 13.8 Å². The first-order valence-electron chi connectivity index (χ1n) is 5.23. The van der Waals surface area contributed by atoms with Crippen LogP contribution in [0.4, 0.5) is 0 Å². The lowest BCUT2D eigenvalue weighted by Gasteiger charge is -2.05. The summed E-state index contributed by atoms with van der Waals surface area (Å²) in [5.41, 5.74) is 0. The summed E-state index contributed by atoms with van der Waals surface area (Å²) >= 11 is 0. The van der Waals surface area contributed by atoms with E-state index in [4.69, 9.17) is 9.47 Å². The van der Waals surface area contributed by atoms with Gasteiger partial charge in [-0.2, -0.15) is 0 Å². The average molecular weight is 203 g/mol. The van der Waals surface area contributed by atoms with Gasteiger partial charge in [-0.3, -0.25) is 4.79 Å². The van der Waals surface area contributed by atoms with E-state index in [-0.39, 0.29) is 5.91 Å². The van der Waals surface area contributed by atoms with Gasteiger partial charge >= 0.3 is 0 Å². The lowest BCUT2D eigenvalue weighted by Crippen LogP contribution is -2.25. The van der Waals surface area contributed by atoms with Crippen molar-refractivity contribution in [2.75, 3.05) is 33.0 Å². The molecule has 4 nitrogen and oxygen atoms in total. The first-order chi connectivity index (χ1) is 6.81. The van der Waals surface area contributed by atoms with Crippen LogP contribution in [-0.2, 0) is 14.3 Å². The van der Waals surface area contributed by atoms with Gasteiger partial charge in [-0.1, -0.05) is 6.92 Å². The van der Waals surface area contributed by atoms with Crippen molar-refractivity contribution in [1.29, 1.82) is 0 Å². The van der Waals surface area contributed by atoms with Gasteiger partial charge in [-0.05, 0) is 13.3 Å². The number of amides is 1. The molecule has 0 aromatic carbocycles. The Balaban J connectivity index is 3.07. The van der Waals surface area contributed by atoms with Gasteiger partial charge in [-0.15, -0.1) is 0 Å². The minimum absolute atomic E-state index is 0.0586. The normalized spacial score (nSPS) is 10.1. The molecule has 0 atom stereocenters. The van der Waals surface area contributed by atoms with Gasteiger partial charge in [0, 0.05) is 19.6 Å². The maximum absolute atomic E-state index is 11.1. The second kappa shape index (κ2) is 10.5. The van der Waals surface area contributed by atoms with E-state index in [0.29, 0.717) is 32.8 Å². The van der Waals surface area contributed by atoms with E-state index in [0.717, 1.165) is 13.0 Å². The maximum Gasteiger partial charge on any atom is 0.222 e. The lowest BCUT2D eigenvalue weighted by molar-refractivity contribution is -0.122. The maximum atomic E-state index is 11.1. The molecule has 14 heavy (non-hydrogen) atoms. The van der Waals surface area contributed by atoms with Crippen LogP contribution in [0.2, 0.25) is 0 Å². The highest BCUT2D eigenvalue weighted by Crippen LogP contribution is 1.84. The van der Waals surface area contributed by atoms with Crippen LogP contribution in [0.3, 0.4) is 0 Å². The first-order valence-corrected chi connectivity index (χ1v) is 5.23. The first kappa shape index (κ1) is 13.4. The molecule has 0 saturated carbocycles. The van der Waals surface area contributed by atoms with Crippen molar-refractivity contribution in [3.05, 3.63) is 0 Å². The zero-order valence-electron chi connectivity index (χ0n) is 9.17. The number of hydrogen-bond donors (Lipinski definition) is 1. The molecule has 1 amide bonds. The Labute approximate surface area is 86.0 Å². The molecule has 4 heteroatoms. The van der Waals surface area contributed by atoms with E-state index in [1.54, 1.807) is 0 Å². The Morgan fingerprint density at radius 1 is 1.14 bits per heavy atom. The molecule has 0 saturated heterocycles. The van der Waals surface area contributed by atoms with E-state index in [9.17, 15) is 4.79 Å². The highest BCUT2D eigenvalue weighted by Gasteiger charge is 1.98. The van der Waals surface area contributed by atoms with E-state index in [1.165, 1.54) is 0 Å². The van der Waals surface area contributed by atoms with Crippen LogP contribution in [0.1, 0.15) is 26.7 Å². The van der Waals surface area contributed by atoms with E-state index < -0.39 is 0 Å². The third kappa shape index (κ3) is 9.48. The quantitative estimate of drug-likeness (QED) is 0.568. The van der Waals surface area contributed by atoms with Crippen molar-refractivity contribution in [2.24, 2.45) is 0 Å². The highest BCUT2D eigenvalue weighted by molar-refractivity contribution is 5.75. The summed E-state index contributed by atoms with van der Waals surface area (Å²) in [6, 6.07) is 0. The SMILES string of the molecule is CCCNC(=O)CCOCCOCC. The molecule has 0 radical (unpaired) electrons. The van der Waals surface area contributed by atoms with Crippen LogP contribution in [0.25, 0.3) is 0 Å². The molecular weight excluding hydrogens is 182 g/mol. The fourth-order valence-corrected chi connectivity index (χ4v) is 0.882. The minimum atomic E-state index is 0.0586. The van der Waals surface area contributed by atoms with Crippen LogP contribution in [-0.4, -0.2) is 38.9 Å². The number of hydrogen-bond acceptors (Lipinski definition) is 3.